The van der Waals surface area contributed by atoms with E-state index in [-0.39, 0.29) is 35.5 Å². The number of amides is 1. The maximum atomic E-state index is 12.3. The van der Waals surface area contributed by atoms with Crippen molar-refractivity contribution in [3.8, 4) is 28.5 Å². The molecule has 0 bridgehead atoms. The molecule has 3 atom stereocenters. The average molecular weight is 576 g/mol. The number of fused-ring (bicyclic) bond motifs is 1. The summed E-state index contributed by atoms with van der Waals surface area (Å²) in [4.78, 5) is 25.7. The highest BCUT2D eigenvalue weighted by Crippen LogP contribution is 2.38. The highest BCUT2D eigenvalue weighted by molar-refractivity contribution is 6.05. The molecule has 4 heterocycles. The van der Waals surface area contributed by atoms with Crippen molar-refractivity contribution in [2.45, 2.75) is 86.4 Å². The molecule has 0 aliphatic carbocycles. The lowest BCUT2D eigenvalue weighted by Crippen LogP contribution is -2.31. The monoisotopic (exact) mass is 575 g/mol. The van der Waals surface area contributed by atoms with Crippen LogP contribution in [0.5, 0.6) is 6.01 Å². The molecule has 10 heteroatoms. The Balaban J connectivity index is 0.000000745. The Kier molecular flexibility index (Phi) is 11.8. The number of aryl methyl sites for hydroxylation is 1. The van der Waals surface area contributed by atoms with Gasteiger partial charge in [0, 0.05) is 29.7 Å². The van der Waals surface area contributed by atoms with Gasteiger partial charge in [0.1, 0.15) is 6.10 Å². The number of nitrogens with two attached hydrogens (primary N) is 2. The number of hydrogen-bond acceptors (Lipinski definition) is 8. The maximum Gasteiger partial charge on any atom is 0.317 e. The average Bonchev–Trinajstić information content (AvgIpc) is 3.66. The first-order valence-electron chi connectivity index (χ1n) is 14.9. The predicted molar refractivity (Wildman–Crippen MR) is 168 cm³/mol. The normalized spacial score (nSPS) is 16.6. The van der Waals surface area contributed by atoms with Crippen LogP contribution in [0.25, 0.3) is 33.4 Å². The fraction of sp³-hybridized carbons (Fsp3) is 0.469. The summed E-state index contributed by atoms with van der Waals surface area (Å²) in [5, 5.41) is 8.01. The van der Waals surface area contributed by atoms with Crippen LogP contribution in [-0.4, -0.2) is 49.9 Å². The molecule has 226 valence electrons. The Morgan fingerprint density at radius 3 is 2.50 bits per heavy atom. The summed E-state index contributed by atoms with van der Waals surface area (Å²) in [5.41, 5.74) is 16.5. The van der Waals surface area contributed by atoms with Gasteiger partial charge in [-0.25, -0.2) is 9.97 Å². The summed E-state index contributed by atoms with van der Waals surface area (Å²) < 4.78 is 11.9. The van der Waals surface area contributed by atoms with Crippen molar-refractivity contribution in [2.75, 3.05) is 12.3 Å². The number of pyridine rings is 1. The second-order valence-corrected chi connectivity index (χ2v) is 10.1. The number of unbranched alkanes of at least 4 members (excludes halogenated alkanes) is 1. The molecular weight excluding hydrogens is 530 g/mol. The van der Waals surface area contributed by atoms with Crippen molar-refractivity contribution in [3.63, 3.8) is 0 Å². The van der Waals surface area contributed by atoms with E-state index in [1.54, 1.807) is 18.5 Å². The first-order chi connectivity index (χ1) is 20.3. The third kappa shape index (κ3) is 7.23. The lowest BCUT2D eigenvalue weighted by atomic mass is 9.94. The van der Waals surface area contributed by atoms with Gasteiger partial charge in [-0.1, -0.05) is 53.5 Å². The van der Waals surface area contributed by atoms with E-state index in [9.17, 15) is 4.79 Å². The van der Waals surface area contributed by atoms with Gasteiger partial charge in [-0.05, 0) is 56.0 Å². The fourth-order valence-corrected chi connectivity index (χ4v) is 4.95. The second kappa shape index (κ2) is 15.3. The van der Waals surface area contributed by atoms with Crippen LogP contribution >= 0.6 is 0 Å². The minimum Gasteiger partial charge on any atom is -0.460 e. The van der Waals surface area contributed by atoms with Gasteiger partial charge in [-0.15, -0.1) is 0 Å². The van der Waals surface area contributed by atoms with Crippen molar-refractivity contribution >= 4 is 22.5 Å². The number of rotatable bonds is 8. The molecule has 1 saturated heterocycles. The summed E-state index contributed by atoms with van der Waals surface area (Å²) >= 11 is 0. The summed E-state index contributed by atoms with van der Waals surface area (Å²) in [5.74, 6) is -0.456. The molecule has 0 radical (unpaired) electrons. The van der Waals surface area contributed by atoms with Gasteiger partial charge >= 0.3 is 6.01 Å². The Labute approximate surface area is 248 Å². The molecular formula is C32H45N7O3. The summed E-state index contributed by atoms with van der Waals surface area (Å²) in [6.45, 7) is 15.2. The van der Waals surface area contributed by atoms with Gasteiger partial charge in [0.05, 0.1) is 34.9 Å². The molecule has 5 N–H and O–H groups in total. The number of aromatic amines is 1. The van der Waals surface area contributed by atoms with Gasteiger partial charge in [-0.2, -0.15) is 10.1 Å². The van der Waals surface area contributed by atoms with Crippen LogP contribution in [0.3, 0.4) is 0 Å². The van der Waals surface area contributed by atoms with Crippen molar-refractivity contribution in [1.29, 1.82) is 0 Å². The highest BCUT2D eigenvalue weighted by atomic mass is 16.5. The third-order valence-corrected chi connectivity index (χ3v) is 7.36. The lowest BCUT2D eigenvalue weighted by molar-refractivity contribution is 0.0499. The van der Waals surface area contributed by atoms with Crippen molar-refractivity contribution in [2.24, 2.45) is 11.7 Å². The van der Waals surface area contributed by atoms with Gasteiger partial charge in [-0.3, -0.25) is 9.89 Å². The zero-order valence-electron chi connectivity index (χ0n) is 25.9. The van der Waals surface area contributed by atoms with Crippen molar-refractivity contribution in [3.05, 3.63) is 47.9 Å². The van der Waals surface area contributed by atoms with Crippen LogP contribution in [0.15, 0.2) is 36.7 Å². The summed E-state index contributed by atoms with van der Waals surface area (Å²) in [6, 6.07) is 7.69. The Morgan fingerprint density at radius 2 is 1.88 bits per heavy atom. The number of hydrogen-bond donors (Lipinski definition) is 3. The Bertz CT molecular complexity index is 1470. The van der Waals surface area contributed by atoms with Gasteiger partial charge < -0.3 is 20.9 Å². The molecule has 0 spiro atoms. The van der Waals surface area contributed by atoms with E-state index < -0.39 is 5.91 Å². The van der Waals surface area contributed by atoms with Crippen LogP contribution < -0.4 is 16.2 Å². The van der Waals surface area contributed by atoms with E-state index in [0.29, 0.717) is 17.0 Å². The smallest absolute Gasteiger partial charge is 0.317 e. The lowest BCUT2D eigenvalue weighted by Gasteiger charge is -2.24. The molecule has 1 aliphatic rings. The van der Waals surface area contributed by atoms with E-state index in [4.69, 9.17) is 20.9 Å². The summed E-state index contributed by atoms with van der Waals surface area (Å²) in [7, 11) is 0. The van der Waals surface area contributed by atoms with Gasteiger partial charge in [0.15, 0.2) is 5.69 Å². The van der Waals surface area contributed by atoms with Gasteiger partial charge in [0.25, 0.3) is 5.91 Å². The standard InChI is InChI=1S/C26H29N7O3.C4H10.C2H6/c1-4-21(15-8-10-35-14(15)3)36-26-29-9-7-19(32-26)20-11-16(23(27)24(31-20)25(28)34)22-13(2)5-6-18-17(22)12-30-33-18;1-3-4-2;1-2/h5-7,9,11-12,14-15,21H,4,8,10,27H2,1-3H3,(H2,28,34)(H,30,33);3-4H2,1-2H3;1-2H3/t14?,15?,21-;;/m0../s1. The number of nitrogens with one attached hydrogen (secondary N) is 1. The number of nitrogen functional groups attached to an aromatic ring is 1. The van der Waals surface area contributed by atoms with Crippen molar-refractivity contribution in [1.82, 2.24) is 25.1 Å². The molecule has 1 aliphatic heterocycles. The number of anilines is 1. The zero-order chi connectivity index (χ0) is 30.8. The first-order valence-corrected chi connectivity index (χ1v) is 14.9. The number of primary amides is 1. The fourth-order valence-electron chi connectivity index (χ4n) is 4.95. The SMILES string of the molecule is CC.CCCC.CC[C@H](Oc1nccc(-c2cc(-c3c(C)ccc4[nH]ncc34)c(N)c(C(N)=O)n2)n1)C1CCOC1C. The number of aromatic nitrogens is 5. The molecule has 4 aromatic rings. The number of H-pyrrole nitrogens is 1. The van der Waals surface area contributed by atoms with Crippen LogP contribution in [0.4, 0.5) is 5.69 Å². The molecule has 1 fully saturated rings. The first kappa shape index (κ1) is 32.5. The number of nitrogens with zero attached hydrogens (tertiary/aromatic N) is 4. The van der Waals surface area contributed by atoms with Crippen LogP contribution in [0.1, 0.15) is 83.3 Å². The quantitative estimate of drug-likeness (QED) is 0.215. The van der Waals surface area contributed by atoms with E-state index >= 15 is 0 Å². The zero-order valence-corrected chi connectivity index (χ0v) is 25.9. The largest absolute Gasteiger partial charge is 0.460 e. The topological polar surface area (TPSA) is 155 Å². The molecule has 10 nitrogen and oxygen atoms in total. The van der Waals surface area contributed by atoms with Crippen LogP contribution in [0, 0.1) is 12.8 Å². The Morgan fingerprint density at radius 1 is 1.14 bits per heavy atom. The minimum atomic E-state index is -0.723. The number of benzene rings is 1. The Hall–Kier alpha value is -4.05. The summed E-state index contributed by atoms with van der Waals surface area (Å²) in [6.07, 6.45) is 7.76. The second-order valence-electron chi connectivity index (χ2n) is 10.1. The third-order valence-electron chi connectivity index (χ3n) is 7.36. The molecule has 2 unspecified atom stereocenters. The van der Waals surface area contributed by atoms with Crippen LogP contribution in [-0.2, 0) is 4.74 Å². The molecule has 5 rings (SSSR count). The van der Waals surface area contributed by atoms with Crippen LogP contribution in [0.2, 0.25) is 0 Å². The van der Waals surface area contributed by atoms with E-state index in [1.807, 2.05) is 39.0 Å². The molecule has 0 saturated carbocycles. The minimum absolute atomic E-state index is 0.0214. The van der Waals surface area contributed by atoms with E-state index in [1.165, 1.54) is 12.8 Å². The molecule has 1 aromatic carbocycles. The van der Waals surface area contributed by atoms with Crippen molar-refractivity contribution < 1.29 is 14.3 Å². The maximum absolute atomic E-state index is 12.3. The predicted octanol–water partition coefficient (Wildman–Crippen LogP) is 6.49. The molecule has 1 amide bonds. The number of carbonyl (C=O) groups excluding carboxylic acids is 1. The van der Waals surface area contributed by atoms with E-state index in [0.717, 1.165) is 41.5 Å². The molecule has 42 heavy (non-hydrogen) atoms. The molecule has 3 aromatic heterocycles. The van der Waals surface area contributed by atoms with E-state index in [2.05, 4.69) is 52.8 Å². The number of ether oxygens (including phenoxy) is 2. The van der Waals surface area contributed by atoms with Gasteiger partial charge in [0.2, 0.25) is 0 Å². The highest BCUT2D eigenvalue weighted by Gasteiger charge is 2.33. The number of carbonyl (C=O) groups is 1.